The van der Waals surface area contributed by atoms with Crippen molar-refractivity contribution in [1.29, 1.82) is 5.26 Å². The van der Waals surface area contributed by atoms with E-state index in [0.717, 1.165) is 18.6 Å². The van der Waals surface area contributed by atoms with Crippen LogP contribution in [0.25, 0.3) is 0 Å². The molecule has 1 saturated heterocycles. The Balaban J connectivity index is 2.16. The van der Waals surface area contributed by atoms with E-state index in [-0.39, 0.29) is 23.2 Å². The Kier molecular flexibility index (Phi) is 3.78. The molecule has 0 aliphatic carbocycles. The van der Waals surface area contributed by atoms with E-state index >= 15 is 0 Å². The van der Waals surface area contributed by atoms with Gasteiger partial charge in [-0.25, -0.2) is 8.78 Å². The van der Waals surface area contributed by atoms with Crippen molar-refractivity contribution in [3.8, 4) is 6.07 Å². The minimum Gasteiger partial charge on any atom is -0.381 e. The minimum absolute atomic E-state index is 0.0209. The van der Waals surface area contributed by atoms with Crippen molar-refractivity contribution in [2.75, 3.05) is 18.5 Å². The van der Waals surface area contributed by atoms with Crippen LogP contribution in [0.3, 0.4) is 0 Å². The lowest BCUT2D eigenvalue weighted by Crippen LogP contribution is -2.27. The number of halogens is 2. The number of nitrogens with one attached hydrogen (secondary N) is 1. The number of hydrogen-bond donors (Lipinski definition) is 1. The van der Waals surface area contributed by atoms with Crippen molar-refractivity contribution in [3.05, 3.63) is 29.3 Å². The van der Waals surface area contributed by atoms with Gasteiger partial charge in [-0.3, -0.25) is 0 Å². The molecule has 2 rings (SSSR count). The third kappa shape index (κ3) is 2.59. The van der Waals surface area contributed by atoms with Crippen molar-refractivity contribution >= 4 is 5.69 Å². The van der Waals surface area contributed by atoms with Gasteiger partial charge in [0, 0.05) is 18.6 Å². The van der Waals surface area contributed by atoms with Crippen molar-refractivity contribution < 1.29 is 13.5 Å². The molecule has 0 amide bonds. The highest BCUT2D eigenvalue weighted by atomic mass is 19.1. The first-order chi connectivity index (χ1) is 8.61. The van der Waals surface area contributed by atoms with E-state index in [4.69, 9.17) is 10.00 Å². The van der Waals surface area contributed by atoms with E-state index < -0.39 is 11.6 Å². The molecule has 0 saturated carbocycles. The molecule has 5 heteroatoms. The van der Waals surface area contributed by atoms with Crippen LogP contribution in [0, 0.1) is 28.9 Å². The lowest BCUT2D eigenvalue weighted by Gasteiger charge is -2.21. The van der Waals surface area contributed by atoms with Gasteiger partial charge in [-0.15, -0.1) is 0 Å². The zero-order valence-corrected chi connectivity index (χ0v) is 10.0. The summed E-state index contributed by atoms with van der Waals surface area (Å²) in [6.07, 6.45) is 0.883. The first kappa shape index (κ1) is 12.8. The molecule has 0 bridgehead atoms. The summed E-state index contributed by atoms with van der Waals surface area (Å²) >= 11 is 0. The predicted octanol–water partition coefficient (Wildman–Crippen LogP) is 2.67. The molecule has 96 valence electrons. The summed E-state index contributed by atoms with van der Waals surface area (Å²) in [4.78, 5) is 0. The number of ether oxygens (including phenoxy) is 1. The Bertz CT molecular complexity index is 455. The van der Waals surface area contributed by atoms with Gasteiger partial charge in [0.1, 0.15) is 5.69 Å². The SMILES string of the molecule is CC(Nc1c(F)cc(C#N)cc1F)C1CCOC1. The number of nitrogens with zero attached hydrogens (tertiary/aromatic N) is 1. The second-order valence-electron chi connectivity index (χ2n) is 4.48. The fourth-order valence-corrected chi connectivity index (χ4v) is 2.07. The van der Waals surface area contributed by atoms with Crippen molar-refractivity contribution in [2.45, 2.75) is 19.4 Å². The van der Waals surface area contributed by atoms with Crippen LogP contribution in [0.1, 0.15) is 18.9 Å². The van der Waals surface area contributed by atoms with Crippen LogP contribution in [-0.4, -0.2) is 19.3 Å². The molecule has 1 heterocycles. The zero-order valence-electron chi connectivity index (χ0n) is 10.0. The quantitative estimate of drug-likeness (QED) is 0.899. The molecule has 2 atom stereocenters. The van der Waals surface area contributed by atoms with E-state index in [1.165, 1.54) is 0 Å². The summed E-state index contributed by atoms with van der Waals surface area (Å²) in [5, 5.41) is 11.4. The monoisotopic (exact) mass is 252 g/mol. The van der Waals surface area contributed by atoms with E-state index in [9.17, 15) is 8.78 Å². The van der Waals surface area contributed by atoms with Crippen LogP contribution in [-0.2, 0) is 4.74 Å². The van der Waals surface area contributed by atoms with Gasteiger partial charge >= 0.3 is 0 Å². The Morgan fingerprint density at radius 2 is 2.11 bits per heavy atom. The summed E-state index contributed by atoms with van der Waals surface area (Å²) in [6, 6.07) is 3.70. The maximum Gasteiger partial charge on any atom is 0.150 e. The van der Waals surface area contributed by atoms with Gasteiger partial charge in [0.2, 0.25) is 0 Å². The number of rotatable bonds is 3. The van der Waals surface area contributed by atoms with E-state index in [1.54, 1.807) is 6.07 Å². The van der Waals surface area contributed by atoms with Gasteiger partial charge in [-0.2, -0.15) is 5.26 Å². The van der Waals surface area contributed by atoms with E-state index in [0.29, 0.717) is 13.2 Å². The van der Waals surface area contributed by atoms with Gasteiger partial charge in [0.15, 0.2) is 11.6 Å². The molecule has 1 aromatic carbocycles. The van der Waals surface area contributed by atoms with E-state index in [1.807, 2.05) is 6.92 Å². The van der Waals surface area contributed by atoms with Crippen LogP contribution in [0.15, 0.2) is 12.1 Å². The van der Waals surface area contributed by atoms with Gasteiger partial charge in [0.25, 0.3) is 0 Å². The highest BCUT2D eigenvalue weighted by Crippen LogP contribution is 2.25. The molecule has 0 radical (unpaired) electrons. The van der Waals surface area contributed by atoms with Crippen LogP contribution in [0.4, 0.5) is 14.5 Å². The lowest BCUT2D eigenvalue weighted by molar-refractivity contribution is 0.183. The summed E-state index contributed by atoms with van der Waals surface area (Å²) in [7, 11) is 0. The second kappa shape index (κ2) is 5.32. The highest BCUT2D eigenvalue weighted by Gasteiger charge is 2.24. The third-order valence-electron chi connectivity index (χ3n) is 3.22. The van der Waals surface area contributed by atoms with Crippen LogP contribution < -0.4 is 5.32 Å². The summed E-state index contributed by atoms with van der Waals surface area (Å²) in [5.41, 5.74) is -0.194. The number of benzene rings is 1. The Labute approximate surface area is 104 Å². The average Bonchev–Trinajstić information content (AvgIpc) is 2.87. The summed E-state index contributed by atoms with van der Waals surface area (Å²) in [5.74, 6) is -1.23. The smallest absolute Gasteiger partial charge is 0.150 e. The molecule has 1 aliphatic rings. The standard InChI is InChI=1S/C13H14F2N2O/c1-8(10-2-3-18-7-10)17-13-11(14)4-9(6-16)5-12(13)15/h4-5,8,10,17H,2-3,7H2,1H3. The maximum atomic E-state index is 13.7. The molecule has 0 spiro atoms. The second-order valence-corrected chi connectivity index (χ2v) is 4.48. The van der Waals surface area contributed by atoms with Crippen LogP contribution >= 0.6 is 0 Å². The summed E-state index contributed by atoms with van der Waals surface area (Å²) < 4.78 is 32.6. The number of nitriles is 1. The summed E-state index contributed by atoms with van der Waals surface area (Å²) in [6.45, 7) is 3.17. The lowest BCUT2D eigenvalue weighted by atomic mass is 10.0. The normalized spacial score (nSPS) is 20.4. The van der Waals surface area contributed by atoms with Crippen molar-refractivity contribution in [2.24, 2.45) is 5.92 Å². The molecule has 1 fully saturated rings. The molecule has 1 aromatic rings. The maximum absolute atomic E-state index is 13.7. The molecule has 18 heavy (non-hydrogen) atoms. The molecule has 2 unspecified atom stereocenters. The van der Waals surface area contributed by atoms with Gasteiger partial charge in [-0.05, 0) is 25.5 Å². The molecular formula is C13H14F2N2O. The number of hydrogen-bond acceptors (Lipinski definition) is 3. The topological polar surface area (TPSA) is 45.0 Å². The first-order valence-electron chi connectivity index (χ1n) is 5.85. The van der Waals surface area contributed by atoms with E-state index in [2.05, 4.69) is 5.32 Å². The molecule has 1 aliphatic heterocycles. The predicted molar refractivity (Wildman–Crippen MR) is 63.1 cm³/mol. The average molecular weight is 252 g/mol. The number of anilines is 1. The Morgan fingerprint density at radius 3 is 2.61 bits per heavy atom. The largest absolute Gasteiger partial charge is 0.381 e. The zero-order chi connectivity index (χ0) is 13.1. The molecule has 1 N–H and O–H groups in total. The van der Waals surface area contributed by atoms with Gasteiger partial charge in [0.05, 0.1) is 18.2 Å². The van der Waals surface area contributed by atoms with Crippen molar-refractivity contribution in [3.63, 3.8) is 0 Å². The van der Waals surface area contributed by atoms with Crippen LogP contribution in [0.2, 0.25) is 0 Å². The van der Waals surface area contributed by atoms with Crippen molar-refractivity contribution in [1.82, 2.24) is 0 Å². The fraction of sp³-hybridized carbons (Fsp3) is 0.462. The fourth-order valence-electron chi connectivity index (χ4n) is 2.07. The molecule has 3 nitrogen and oxygen atoms in total. The first-order valence-corrected chi connectivity index (χ1v) is 5.85. The highest BCUT2D eigenvalue weighted by molar-refractivity contribution is 5.51. The minimum atomic E-state index is -0.739. The van der Waals surface area contributed by atoms with Crippen LogP contribution in [0.5, 0.6) is 0 Å². The van der Waals surface area contributed by atoms with Gasteiger partial charge in [-0.1, -0.05) is 0 Å². The molecular weight excluding hydrogens is 238 g/mol. The third-order valence-corrected chi connectivity index (χ3v) is 3.22. The molecule has 0 aromatic heterocycles. The Hall–Kier alpha value is -1.67. The van der Waals surface area contributed by atoms with Gasteiger partial charge < -0.3 is 10.1 Å². The Morgan fingerprint density at radius 1 is 1.44 bits per heavy atom.